The highest BCUT2D eigenvalue weighted by Gasteiger charge is 2.29. The normalized spacial score (nSPS) is 13.1. The van der Waals surface area contributed by atoms with E-state index in [0.29, 0.717) is 5.56 Å². The number of carboxylic acids is 1. The van der Waals surface area contributed by atoms with Crippen LogP contribution in [0.1, 0.15) is 17.2 Å². The number of aliphatic carboxylic acids is 1. The van der Waals surface area contributed by atoms with Crippen molar-refractivity contribution in [3.63, 3.8) is 0 Å². The van der Waals surface area contributed by atoms with Crippen molar-refractivity contribution in [1.29, 1.82) is 0 Å². The monoisotopic (exact) mass is 299 g/mol. The molecule has 5 nitrogen and oxygen atoms in total. The van der Waals surface area contributed by atoms with Crippen LogP contribution in [-0.2, 0) is 16.0 Å². The quantitative estimate of drug-likeness (QED) is 0.755. The van der Waals surface area contributed by atoms with Gasteiger partial charge < -0.3 is 15.5 Å². The smallest absolute Gasteiger partial charge is 0.329 e. The van der Waals surface area contributed by atoms with Gasteiger partial charge in [-0.2, -0.15) is 0 Å². The molecular weight excluding hydrogens is 282 g/mol. The zero-order valence-electron chi connectivity index (χ0n) is 11.8. The SMILES string of the molecule is O=C(Cc1ccccc1)N[C@H](C(=O)O)[C@@H](O)c1ccccc1. The molecule has 5 heteroatoms. The first kappa shape index (κ1) is 15.7. The van der Waals surface area contributed by atoms with Crippen molar-refractivity contribution >= 4 is 11.9 Å². The van der Waals surface area contributed by atoms with E-state index in [4.69, 9.17) is 0 Å². The number of benzene rings is 2. The van der Waals surface area contributed by atoms with Gasteiger partial charge in [-0.1, -0.05) is 60.7 Å². The summed E-state index contributed by atoms with van der Waals surface area (Å²) in [6.07, 6.45) is -1.25. The number of hydrogen-bond donors (Lipinski definition) is 3. The molecule has 0 aliphatic heterocycles. The Labute approximate surface area is 128 Å². The highest BCUT2D eigenvalue weighted by molar-refractivity contribution is 5.85. The molecule has 0 spiro atoms. The fourth-order valence-corrected chi connectivity index (χ4v) is 2.12. The van der Waals surface area contributed by atoms with Crippen molar-refractivity contribution in [1.82, 2.24) is 5.32 Å². The van der Waals surface area contributed by atoms with Crippen molar-refractivity contribution in [2.75, 3.05) is 0 Å². The second-order valence-corrected chi connectivity index (χ2v) is 4.90. The predicted molar refractivity (Wildman–Crippen MR) is 81.1 cm³/mol. The van der Waals surface area contributed by atoms with Crippen molar-refractivity contribution in [3.05, 3.63) is 71.8 Å². The summed E-state index contributed by atoms with van der Waals surface area (Å²) in [5.74, 6) is -1.73. The summed E-state index contributed by atoms with van der Waals surface area (Å²) in [6.45, 7) is 0. The molecule has 1 amide bonds. The first-order valence-electron chi connectivity index (χ1n) is 6.87. The van der Waals surface area contributed by atoms with Gasteiger partial charge in [-0.15, -0.1) is 0 Å². The molecule has 22 heavy (non-hydrogen) atoms. The first-order chi connectivity index (χ1) is 10.6. The van der Waals surface area contributed by atoms with E-state index in [-0.39, 0.29) is 6.42 Å². The molecule has 2 aromatic rings. The van der Waals surface area contributed by atoms with Crippen molar-refractivity contribution in [2.24, 2.45) is 0 Å². The molecule has 0 saturated heterocycles. The zero-order chi connectivity index (χ0) is 15.9. The van der Waals surface area contributed by atoms with E-state index in [1.165, 1.54) is 0 Å². The summed E-state index contributed by atoms with van der Waals surface area (Å²) >= 11 is 0. The maximum Gasteiger partial charge on any atom is 0.329 e. The summed E-state index contributed by atoms with van der Waals surface area (Å²) in [6, 6.07) is 16.0. The molecule has 0 aliphatic carbocycles. The molecule has 114 valence electrons. The van der Waals surface area contributed by atoms with E-state index in [9.17, 15) is 19.8 Å². The number of amides is 1. The number of carboxylic acid groups (broad SMARTS) is 1. The average Bonchev–Trinajstić information content (AvgIpc) is 2.53. The number of aliphatic hydroxyl groups is 1. The van der Waals surface area contributed by atoms with Crippen LogP contribution >= 0.6 is 0 Å². The van der Waals surface area contributed by atoms with Crippen LogP contribution < -0.4 is 5.32 Å². The van der Waals surface area contributed by atoms with Crippen LogP contribution in [0.5, 0.6) is 0 Å². The van der Waals surface area contributed by atoms with Crippen LogP contribution in [0, 0.1) is 0 Å². The predicted octanol–water partition coefficient (Wildman–Crippen LogP) is 1.53. The van der Waals surface area contributed by atoms with Gasteiger partial charge in [0.2, 0.25) is 5.91 Å². The fourth-order valence-electron chi connectivity index (χ4n) is 2.12. The summed E-state index contributed by atoms with van der Waals surface area (Å²) in [5, 5.41) is 21.8. The topological polar surface area (TPSA) is 86.6 Å². The zero-order valence-corrected chi connectivity index (χ0v) is 11.8. The second kappa shape index (κ2) is 7.38. The van der Waals surface area contributed by atoms with Crippen LogP contribution in [0.4, 0.5) is 0 Å². The summed E-state index contributed by atoms with van der Waals surface area (Å²) < 4.78 is 0. The van der Waals surface area contributed by atoms with Crippen LogP contribution in [0.3, 0.4) is 0 Å². The first-order valence-corrected chi connectivity index (χ1v) is 6.87. The molecule has 0 fully saturated rings. The van der Waals surface area contributed by atoms with E-state index in [0.717, 1.165) is 5.56 Å². The minimum Gasteiger partial charge on any atom is -0.480 e. The third-order valence-corrected chi connectivity index (χ3v) is 3.25. The van der Waals surface area contributed by atoms with Gasteiger partial charge in [-0.3, -0.25) is 4.79 Å². The van der Waals surface area contributed by atoms with Gasteiger partial charge in [0.25, 0.3) is 0 Å². The Bertz CT molecular complexity index is 628. The molecule has 2 atom stereocenters. The number of nitrogens with one attached hydrogen (secondary N) is 1. The van der Waals surface area contributed by atoms with E-state index in [1.54, 1.807) is 54.6 Å². The van der Waals surface area contributed by atoms with E-state index in [2.05, 4.69) is 5.32 Å². The third kappa shape index (κ3) is 4.17. The van der Waals surface area contributed by atoms with Gasteiger partial charge in [-0.25, -0.2) is 4.79 Å². The summed E-state index contributed by atoms with van der Waals surface area (Å²) in [7, 11) is 0. The lowest BCUT2D eigenvalue weighted by Crippen LogP contribution is -2.45. The molecule has 0 unspecified atom stereocenters. The Morgan fingerprint density at radius 2 is 1.50 bits per heavy atom. The lowest BCUT2D eigenvalue weighted by Gasteiger charge is -2.20. The fraction of sp³-hybridized carbons (Fsp3) is 0.176. The van der Waals surface area contributed by atoms with E-state index < -0.39 is 24.0 Å². The Kier molecular flexibility index (Phi) is 5.27. The number of aliphatic hydroxyl groups excluding tert-OH is 1. The lowest BCUT2D eigenvalue weighted by atomic mass is 10.0. The molecule has 0 aromatic heterocycles. The summed E-state index contributed by atoms with van der Waals surface area (Å²) in [5.41, 5.74) is 1.22. The maximum absolute atomic E-state index is 12.0. The minimum atomic E-state index is -1.39. The minimum absolute atomic E-state index is 0.0616. The van der Waals surface area contributed by atoms with Gasteiger partial charge in [0, 0.05) is 0 Å². The van der Waals surface area contributed by atoms with Crippen LogP contribution in [0.25, 0.3) is 0 Å². The molecule has 0 saturated carbocycles. The summed E-state index contributed by atoms with van der Waals surface area (Å²) in [4.78, 5) is 23.3. The molecule has 0 radical (unpaired) electrons. The average molecular weight is 299 g/mol. The highest BCUT2D eigenvalue weighted by Crippen LogP contribution is 2.17. The highest BCUT2D eigenvalue weighted by atomic mass is 16.4. The number of rotatable bonds is 6. The molecule has 0 heterocycles. The van der Waals surface area contributed by atoms with Crippen LogP contribution in [0.15, 0.2) is 60.7 Å². The molecule has 2 rings (SSSR count). The van der Waals surface area contributed by atoms with E-state index >= 15 is 0 Å². The lowest BCUT2D eigenvalue weighted by molar-refractivity contribution is -0.145. The standard InChI is InChI=1S/C17H17NO4/c19-14(11-12-7-3-1-4-8-12)18-15(17(21)22)16(20)13-9-5-2-6-10-13/h1-10,15-16,20H,11H2,(H,18,19)(H,21,22)/t15-,16-/m0/s1. The molecule has 3 N–H and O–H groups in total. The molecule has 0 aliphatic rings. The second-order valence-electron chi connectivity index (χ2n) is 4.90. The van der Waals surface area contributed by atoms with E-state index in [1.807, 2.05) is 6.07 Å². The van der Waals surface area contributed by atoms with Gasteiger partial charge >= 0.3 is 5.97 Å². The Morgan fingerprint density at radius 3 is 2.05 bits per heavy atom. The number of carbonyl (C=O) groups excluding carboxylic acids is 1. The largest absolute Gasteiger partial charge is 0.480 e. The molecule has 0 bridgehead atoms. The number of carbonyl (C=O) groups is 2. The molecule has 2 aromatic carbocycles. The van der Waals surface area contributed by atoms with Crippen molar-refractivity contribution in [3.8, 4) is 0 Å². The van der Waals surface area contributed by atoms with Crippen molar-refractivity contribution in [2.45, 2.75) is 18.6 Å². The van der Waals surface area contributed by atoms with Gasteiger partial charge in [0.15, 0.2) is 6.04 Å². The number of hydrogen-bond acceptors (Lipinski definition) is 3. The van der Waals surface area contributed by atoms with Gasteiger partial charge in [0.1, 0.15) is 6.10 Å². The third-order valence-electron chi connectivity index (χ3n) is 3.25. The maximum atomic E-state index is 12.0. The Hall–Kier alpha value is -2.66. The molecular formula is C17H17NO4. The van der Waals surface area contributed by atoms with Gasteiger partial charge in [-0.05, 0) is 11.1 Å². The van der Waals surface area contributed by atoms with Crippen molar-refractivity contribution < 1.29 is 19.8 Å². The van der Waals surface area contributed by atoms with Crippen LogP contribution in [-0.4, -0.2) is 28.1 Å². The Balaban J connectivity index is 2.06. The van der Waals surface area contributed by atoms with Gasteiger partial charge in [0.05, 0.1) is 6.42 Å². The van der Waals surface area contributed by atoms with Crippen LogP contribution in [0.2, 0.25) is 0 Å². The Morgan fingerprint density at radius 1 is 0.955 bits per heavy atom.